The van der Waals surface area contributed by atoms with Crippen LogP contribution in [0.4, 0.5) is 13.2 Å². The Labute approximate surface area is 62.9 Å². The van der Waals surface area contributed by atoms with Crippen LogP contribution < -0.4 is 0 Å². The summed E-state index contributed by atoms with van der Waals surface area (Å²) in [4.78, 5) is 3.35. The molecule has 0 spiro atoms. The number of allylic oxidation sites excluding steroid dienone is 1. The molecule has 11 heavy (non-hydrogen) atoms. The lowest BCUT2D eigenvalue weighted by atomic mass is 10.2. The van der Waals surface area contributed by atoms with Crippen molar-refractivity contribution in [3.63, 3.8) is 0 Å². The molecule has 0 N–H and O–H groups in total. The number of halogens is 3. The molecule has 0 aliphatic heterocycles. The van der Waals surface area contributed by atoms with Crippen molar-refractivity contribution in [2.45, 2.75) is 13.1 Å². The van der Waals surface area contributed by atoms with Crippen LogP contribution in [0, 0.1) is 0 Å². The van der Waals surface area contributed by atoms with E-state index in [0.29, 0.717) is 0 Å². The topological polar surface area (TPSA) is 12.4 Å². The van der Waals surface area contributed by atoms with Crippen molar-refractivity contribution in [3.8, 4) is 0 Å². The van der Waals surface area contributed by atoms with Gasteiger partial charge in [0, 0.05) is 11.9 Å². The molecule has 4 heteroatoms. The Morgan fingerprint density at radius 1 is 1.45 bits per heavy atom. The van der Waals surface area contributed by atoms with Crippen LogP contribution in [0.2, 0.25) is 0 Å². The van der Waals surface area contributed by atoms with E-state index in [2.05, 4.69) is 18.2 Å². The van der Waals surface area contributed by atoms with E-state index in [1.165, 1.54) is 6.92 Å². The summed E-state index contributed by atoms with van der Waals surface area (Å²) < 4.78 is 35.4. The summed E-state index contributed by atoms with van der Waals surface area (Å²) >= 11 is 0. The largest absolute Gasteiger partial charge is 0.417 e. The van der Waals surface area contributed by atoms with E-state index in [0.717, 1.165) is 6.20 Å². The van der Waals surface area contributed by atoms with Crippen LogP contribution in [0.25, 0.3) is 0 Å². The molecule has 0 fully saturated rings. The lowest BCUT2D eigenvalue weighted by Crippen LogP contribution is -2.16. The number of hydrogen-bond donors (Lipinski definition) is 0. The van der Waals surface area contributed by atoms with E-state index in [1.54, 1.807) is 0 Å². The van der Waals surface area contributed by atoms with E-state index >= 15 is 0 Å². The van der Waals surface area contributed by atoms with Crippen LogP contribution in [0.15, 0.2) is 29.9 Å². The van der Waals surface area contributed by atoms with E-state index in [9.17, 15) is 13.2 Å². The molecule has 0 aromatic heterocycles. The standard InChI is InChI=1S/C7H8F3N/c1-4-11-6(3)5(2)7(8,9)10/h4H,1-2H2,3H3. The summed E-state index contributed by atoms with van der Waals surface area (Å²) in [6.45, 7) is 7.24. The molecule has 0 aromatic carbocycles. The molecule has 62 valence electrons. The lowest BCUT2D eigenvalue weighted by molar-refractivity contribution is -0.0857. The van der Waals surface area contributed by atoms with Crippen LogP contribution >= 0.6 is 0 Å². The highest BCUT2D eigenvalue weighted by Gasteiger charge is 2.33. The van der Waals surface area contributed by atoms with Crippen molar-refractivity contribution in [2.75, 3.05) is 0 Å². The fourth-order valence-corrected chi connectivity index (χ4v) is 0.420. The van der Waals surface area contributed by atoms with Crippen molar-refractivity contribution in [1.29, 1.82) is 0 Å². The summed E-state index contributed by atoms with van der Waals surface area (Å²) in [6, 6.07) is 0. The van der Waals surface area contributed by atoms with E-state index in [-0.39, 0.29) is 5.71 Å². The van der Waals surface area contributed by atoms with Gasteiger partial charge < -0.3 is 0 Å². The van der Waals surface area contributed by atoms with E-state index in [4.69, 9.17) is 0 Å². The zero-order chi connectivity index (χ0) is 9.07. The number of nitrogens with zero attached hydrogens (tertiary/aromatic N) is 1. The van der Waals surface area contributed by atoms with Gasteiger partial charge in [-0.2, -0.15) is 13.2 Å². The Balaban J connectivity index is 4.51. The minimum Gasteiger partial charge on any atom is -0.262 e. The Kier molecular flexibility index (Phi) is 3.04. The van der Waals surface area contributed by atoms with Crippen molar-refractivity contribution in [3.05, 3.63) is 24.9 Å². The zero-order valence-corrected chi connectivity index (χ0v) is 6.07. The average molecular weight is 163 g/mol. The molecule has 0 atom stereocenters. The van der Waals surface area contributed by atoms with Crippen LogP contribution in [0.5, 0.6) is 0 Å². The third-order valence-electron chi connectivity index (χ3n) is 1.06. The normalized spacial score (nSPS) is 12.9. The predicted molar refractivity (Wildman–Crippen MR) is 38.5 cm³/mol. The predicted octanol–water partition coefficient (Wildman–Crippen LogP) is 2.71. The van der Waals surface area contributed by atoms with Gasteiger partial charge in [-0.1, -0.05) is 13.2 Å². The molecule has 0 saturated carbocycles. The fourth-order valence-electron chi connectivity index (χ4n) is 0.420. The van der Waals surface area contributed by atoms with Gasteiger partial charge in [0.1, 0.15) is 0 Å². The highest BCUT2D eigenvalue weighted by Crippen LogP contribution is 2.24. The minimum atomic E-state index is -4.39. The summed E-state index contributed by atoms with van der Waals surface area (Å²) in [5, 5.41) is 0. The van der Waals surface area contributed by atoms with Gasteiger partial charge in [0.15, 0.2) is 0 Å². The first-order chi connectivity index (χ1) is 4.89. The number of aliphatic imine (C=N–C) groups is 1. The number of alkyl halides is 3. The van der Waals surface area contributed by atoms with Gasteiger partial charge in [-0.15, -0.1) is 0 Å². The molecule has 0 aliphatic rings. The second-order valence-corrected chi connectivity index (χ2v) is 1.87. The molecule has 0 bridgehead atoms. The average Bonchev–Trinajstić information content (AvgIpc) is 1.85. The van der Waals surface area contributed by atoms with Crippen molar-refractivity contribution in [1.82, 2.24) is 0 Å². The third kappa shape index (κ3) is 3.02. The zero-order valence-electron chi connectivity index (χ0n) is 6.07. The van der Waals surface area contributed by atoms with Crippen LogP contribution in [0.3, 0.4) is 0 Å². The van der Waals surface area contributed by atoms with Crippen molar-refractivity contribution in [2.24, 2.45) is 4.99 Å². The third-order valence-corrected chi connectivity index (χ3v) is 1.06. The molecule has 0 aliphatic carbocycles. The number of hydrogen-bond acceptors (Lipinski definition) is 1. The molecule has 0 amide bonds. The number of rotatable bonds is 2. The minimum absolute atomic E-state index is 0.160. The lowest BCUT2D eigenvalue weighted by Gasteiger charge is -2.07. The highest BCUT2D eigenvalue weighted by atomic mass is 19.4. The summed E-state index contributed by atoms with van der Waals surface area (Å²) in [6.07, 6.45) is -3.34. The maximum Gasteiger partial charge on any atom is 0.417 e. The molecule has 1 nitrogen and oxygen atoms in total. The molecule has 0 radical (unpaired) electrons. The van der Waals surface area contributed by atoms with E-state index < -0.39 is 11.7 Å². The molecular formula is C7H8F3N. The first-order valence-electron chi connectivity index (χ1n) is 2.81. The second-order valence-electron chi connectivity index (χ2n) is 1.87. The first kappa shape index (κ1) is 9.94. The quantitative estimate of drug-likeness (QED) is 0.555. The summed E-state index contributed by atoms with van der Waals surface area (Å²) in [7, 11) is 0. The maximum absolute atomic E-state index is 11.8. The smallest absolute Gasteiger partial charge is 0.262 e. The van der Waals surface area contributed by atoms with Gasteiger partial charge in [0.05, 0.1) is 5.57 Å². The van der Waals surface area contributed by atoms with Gasteiger partial charge in [-0.05, 0) is 6.92 Å². The summed E-state index contributed by atoms with van der Waals surface area (Å²) in [5.74, 6) is 0. The Hall–Kier alpha value is -1.06. The van der Waals surface area contributed by atoms with Gasteiger partial charge in [0.25, 0.3) is 0 Å². The fraction of sp³-hybridized carbons (Fsp3) is 0.286. The first-order valence-corrected chi connectivity index (χ1v) is 2.81. The molecule has 0 saturated heterocycles. The summed E-state index contributed by atoms with van der Waals surface area (Å²) in [5.41, 5.74) is -1.09. The van der Waals surface area contributed by atoms with Crippen molar-refractivity contribution >= 4 is 5.71 Å². The molecule has 0 rings (SSSR count). The second kappa shape index (κ2) is 3.37. The van der Waals surface area contributed by atoms with E-state index in [1.807, 2.05) is 0 Å². The van der Waals surface area contributed by atoms with Crippen LogP contribution in [0.1, 0.15) is 6.92 Å². The SMILES string of the molecule is C=CN=C(C)C(=C)C(F)(F)F. The van der Waals surface area contributed by atoms with Gasteiger partial charge in [-0.25, -0.2) is 0 Å². The van der Waals surface area contributed by atoms with Crippen LogP contribution in [-0.2, 0) is 0 Å². The molecule has 0 heterocycles. The van der Waals surface area contributed by atoms with Crippen LogP contribution in [-0.4, -0.2) is 11.9 Å². The molecular weight excluding hydrogens is 155 g/mol. The van der Waals surface area contributed by atoms with Gasteiger partial charge in [-0.3, -0.25) is 4.99 Å². The monoisotopic (exact) mass is 163 g/mol. The van der Waals surface area contributed by atoms with Gasteiger partial charge in [0.2, 0.25) is 0 Å². The Bertz CT molecular complexity index is 200. The van der Waals surface area contributed by atoms with Crippen molar-refractivity contribution < 1.29 is 13.2 Å². The Morgan fingerprint density at radius 3 is 2.18 bits per heavy atom. The Morgan fingerprint density at radius 2 is 1.91 bits per heavy atom. The molecule has 0 aromatic rings. The molecule has 0 unspecified atom stereocenters. The van der Waals surface area contributed by atoms with Gasteiger partial charge >= 0.3 is 6.18 Å². The highest BCUT2D eigenvalue weighted by molar-refractivity contribution is 5.99. The maximum atomic E-state index is 11.8.